The van der Waals surface area contributed by atoms with Crippen molar-refractivity contribution in [2.24, 2.45) is 0 Å². The number of hydrogen-bond donors (Lipinski definition) is 0. The molecule has 27 heavy (non-hydrogen) atoms. The highest BCUT2D eigenvalue weighted by atomic mass is 19.1. The maximum atomic E-state index is 13.9. The first-order valence-electron chi connectivity index (χ1n) is 9.00. The SMILES string of the molecule is COc1ccc(CN2CCN(C(=O)c3cc(C)ccc3OC)CC2)cc1F. The summed E-state index contributed by atoms with van der Waals surface area (Å²) in [6, 6.07) is 10.7. The molecule has 0 radical (unpaired) electrons. The normalized spacial score (nSPS) is 14.9. The van der Waals surface area contributed by atoms with Crippen molar-refractivity contribution in [3.8, 4) is 11.5 Å². The summed E-state index contributed by atoms with van der Waals surface area (Å²) in [6.45, 7) is 5.36. The Balaban J connectivity index is 1.61. The van der Waals surface area contributed by atoms with E-state index in [1.165, 1.54) is 13.2 Å². The number of methoxy groups -OCH3 is 2. The second-order valence-corrected chi connectivity index (χ2v) is 6.74. The molecule has 0 aromatic heterocycles. The van der Waals surface area contributed by atoms with Crippen LogP contribution in [0.3, 0.4) is 0 Å². The fraction of sp³-hybridized carbons (Fsp3) is 0.381. The number of hydrogen-bond acceptors (Lipinski definition) is 4. The highest BCUT2D eigenvalue weighted by Crippen LogP contribution is 2.23. The van der Waals surface area contributed by atoms with E-state index in [-0.39, 0.29) is 17.5 Å². The molecule has 1 saturated heterocycles. The summed E-state index contributed by atoms with van der Waals surface area (Å²) >= 11 is 0. The molecule has 0 atom stereocenters. The van der Waals surface area contributed by atoms with Crippen molar-refractivity contribution in [2.75, 3.05) is 40.4 Å². The molecule has 0 N–H and O–H groups in total. The van der Waals surface area contributed by atoms with Gasteiger partial charge in [0.15, 0.2) is 11.6 Å². The molecule has 1 fully saturated rings. The Bertz CT molecular complexity index is 817. The van der Waals surface area contributed by atoms with E-state index in [0.717, 1.165) is 24.2 Å². The lowest BCUT2D eigenvalue weighted by molar-refractivity contribution is 0.0625. The average Bonchev–Trinajstić information content (AvgIpc) is 2.68. The minimum atomic E-state index is -0.352. The van der Waals surface area contributed by atoms with Crippen molar-refractivity contribution in [3.05, 3.63) is 58.9 Å². The zero-order chi connectivity index (χ0) is 19.4. The molecule has 3 rings (SSSR count). The van der Waals surface area contributed by atoms with Gasteiger partial charge in [0.05, 0.1) is 19.8 Å². The number of aryl methyl sites for hydroxylation is 1. The van der Waals surface area contributed by atoms with Crippen LogP contribution < -0.4 is 9.47 Å². The number of amides is 1. The maximum Gasteiger partial charge on any atom is 0.257 e. The number of benzene rings is 2. The number of carbonyl (C=O) groups excluding carboxylic acids is 1. The molecule has 1 heterocycles. The van der Waals surface area contributed by atoms with Crippen LogP contribution in [0.4, 0.5) is 4.39 Å². The van der Waals surface area contributed by atoms with Gasteiger partial charge in [0.2, 0.25) is 0 Å². The second-order valence-electron chi connectivity index (χ2n) is 6.74. The zero-order valence-corrected chi connectivity index (χ0v) is 16.0. The summed E-state index contributed by atoms with van der Waals surface area (Å²) in [6.07, 6.45) is 0. The number of rotatable bonds is 5. The molecule has 144 valence electrons. The van der Waals surface area contributed by atoms with Crippen LogP contribution in [-0.4, -0.2) is 56.1 Å². The predicted molar refractivity (Wildman–Crippen MR) is 102 cm³/mol. The van der Waals surface area contributed by atoms with E-state index < -0.39 is 0 Å². The number of halogens is 1. The lowest BCUT2D eigenvalue weighted by atomic mass is 10.1. The van der Waals surface area contributed by atoms with Crippen molar-refractivity contribution in [1.82, 2.24) is 9.80 Å². The summed E-state index contributed by atoms with van der Waals surface area (Å²) in [5.41, 5.74) is 2.52. The molecule has 6 heteroatoms. The topological polar surface area (TPSA) is 42.0 Å². The van der Waals surface area contributed by atoms with Crippen LogP contribution >= 0.6 is 0 Å². The van der Waals surface area contributed by atoms with E-state index in [0.29, 0.717) is 30.9 Å². The highest BCUT2D eigenvalue weighted by Gasteiger charge is 2.24. The molecule has 0 bridgehead atoms. The zero-order valence-electron chi connectivity index (χ0n) is 16.0. The Morgan fingerprint density at radius 3 is 2.30 bits per heavy atom. The third-order valence-corrected chi connectivity index (χ3v) is 4.87. The smallest absolute Gasteiger partial charge is 0.257 e. The Morgan fingerprint density at radius 1 is 1.00 bits per heavy atom. The van der Waals surface area contributed by atoms with Gasteiger partial charge in [0.25, 0.3) is 5.91 Å². The summed E-state index contributed by atoms with van der Waals surface area (Å²) in [5.74, 6) is 0.490. The molecule has 0 aliphatic carbocycles. The second kappa shape index (κ2) is 8.39. The first-order valence-corrected chi connectivity index (χ1v) is 9.00. The molecule has 0 saturated carbocycles. The molecular formula is C21H25FN2O3. The first-order chi connectivity index (χ1) is 13.0. The van der Waals surface area contributed by atoms with E-state index in [1.807, 2.05) is 36.1 Å². The highest BCUT2D eigenvalue weighted by molar-refractivity contribution is 5.97. The fourth-order valence-corrected chi connectivity index (χ4v) is 3.33. The molecule has 5 nitrogen and oxygen atoms in total. The van der Waals surface area contributed by atoms with Gasteiger partial charge in [-0.25, -0.2) is 4.39 Å². The quantitative estimate of drug-likeness (QED) is 0.809. The van der Waals surface area contributed by atoms with E-state index in [4.69, 9.17) is 9.47 Å². The van der Waals surface area contributed by atoms with Crippen LogP contribution in [-0.2, 0) is 6.54 Å². The van der Waals surface area contributed by atoms with E-state index in [1.54, 1.807) is 13.2 Å². The van der Waals surface area contributed by atoms with Gasteiger partial charge in [-0.2, -0.15) is 0 Å². The minimum Gasteiger partial charge on any atom is -0.496 e. The molecule has 0 spiro atoms. The first kappa shape index (κ1) is 19.2. The standard InChI is InChI=1S/C21H25FN2O3/c1-15-4-6-19(26-2)17(12-15)21(25)24-10-8-23(9-11-24)14-16-5-7-20(27-3)18(22)13-16/h4-7,12-13H,8-11,14H2,1-3H3. The van der Waals surface area contributed by atoms with Crippen molar-refractivity contribution in [3.63, 3.8) is 0 Å². The Hall–Kier alpha value is -2.60. The molecule has 2 aromatic carbocycles. The van der Waals surface area contributed by atoms with Crippen molar-refractivity contribution >= 4 is 5.91 Å². The van der Waals surface area contributed by atoms with Crippen molar-refractivity contribution in [1.29, 1.82) is 0 Å². The molecule has 2 aromatic rings. The van der Waals surface area contributed by atoms with Crippen LogP contribution in [0.1, 0.15) is 21.5 Å². The van der Waals surface area contributed by atoms with E-state index >= 15 is 0 Å². The molecular weight excluding hydrogens is 347 g/mol. The molecule has 1 aliphatic rings. The lowest BCUT2D eigenvalue weighted by Gasteiger charge is -2.35. The third kappa shape index (κ3) is 4.39. The van der Waals surface area contributed by atoms with Gasteiger partial charge in [-0.1, -0.05) is 17.7 Å². The van der Waals surface area contributed by atoms with Gasteiger partial charge in [0, 0.05) is 32.7 Å². The maximum absolute atomic E-state index is 13.9. The van der Waals surface area contributed by atoms with Crippen molar-refractivity contribution < 1.29 is 18.7 Å². The lowest BCUT2D eigenvalue weighted by Crippen LogP contribution is -2.48. The van der Waals surface area contributed by atoms with Gasteiger partial charge < -0.3 is 14.4 Å². The Kier molecular flexibility index (Phi) is 5.96. The molecule has 1 aliphatic heterocycles. The van der Waals surface area contributed by atoms with Crippen LogP contribution in [0, 0.1) is 12.7 Å². The Labute approximate surface area is 159 Å². The van der Waals surface area contributed by atoms with Crippen LogP contribution in [0.25, 0.3) is 0 Å². The van der Waals surface area contributed by atoms with Gasteiger partial charge in [-0.3, -0.25) is 9.69 Å². The Morgan fingerprint density at radius 2 is 1.67 bits per heavy atom. The fourth-order valence-electron chi connectivity index (χ4n) is 3.33. The van der Waals surface area contributed by atoms with Crippen LogP contribution in [0.5, 0.6) is 11.5 Å². The summed E-state index contributed by atoms with van der Waals surface area (Å²) in [5, 5.41) is 0. The predicted octanol–water partition coefficient (Wildman–Crippen LogP) is 3.11. The average molecular weight is 372 g/mol. The summed E-state index contributed by atoms with van der Waals surface area (Å²) in [7, 11) is 3.03. The van der Waals surface area contributed by atoms with Crippen molar-refractivity contribution in [2.45, 2.75) is 13.5 Å². The number of nitrogens with zero attached hydrogens (tertiary/aromatic N) is 2. The third-order valence-electron chi connectivity index (χ3n) is 4.87. The van der Waals surface area contributed by atoms with E-state index in [9.17, 15) is 9.18 Å². The summed E-state index contributed by atoms with van der Waals surface area (Å²) < 4.78 is 24.2. The van der Waals surface area contributed by atoms with Gasteiger partial charge in [-0.05, 0) is 36.8 Å². The number of ether oxygens (including phenoxy) is 2. The van der Waals surface area contributed by atoms with Gasteiger partial charge in [0.1, 0.15) is 5.75 Å². The monoisotopic (exact) mass is 372 g/mol. The summed E-state index contributed by atoms with van der Waals surface area (Å²) in [4.78, 5) is 16.9. The van der Waals surface area contributed by atoms with Crippen LogP contribution in [0.15, 0.2) is 36.4 Å². The van der Waals surface area contributed by atoms with Gasteiger partial charge >= 0.3 is 0 Å². The van der Waals surface area contributed by atoms with E-state index in [2.05, 4.69) is 4.90 Å². The largest absolute Gasteiger partial charge is 0.496 e. The number of carbonyl (C=O) groups is 1. The molecule has 1 amide bonds. The minimum absolute atomic E-state index is 0.00862. The molecule has 0 unspecified atom stereocenters. The number of piperazine rings is 1. The van der Waals surface area contributed by atoms with Gasteiger partial charge in [-0.15, -0.1) is 0 Å². The van der Waals surface area contributed by atoms with Crippen LogP contribution in [0.2, 0.25) is 0 Å².